The van der Waals surface area contributed by atoms with Crippen LogP contribution in [0, 0.1) is 12.3 Å². The predicted octanol–water partition coefficient (Wildman–Crippen LogP) is -0.183. The van der Waals surface area contributed by atoms with Gasteiger partial charge in [0.15, 0.2) is 0 Å². The largest absolute Gasteiger partial charge is 1.00 e. The van der Waals surface area contributed by atoms with Gasteiger partial charge in [-0.1, -0.05) is 32.6 Å². The number of hydrogen-bond acceptors (Lipinski definition) is 0. The first kappa shape index (κ1) is 11.9. The fourth-order valence-electron chi connectivity index (χ4n) is 0.437. The van der Waals surface area contributed by atoms with Crippen LogP contribution in [0.15, 0.2) is 12.2 Å². The van der Waals surface area contributed by atoms with Gasteiger partial charge in [0.25, 0.3) is 0 Å². The van der Waals surface area contributed by atoms with Crippen LogP contribution in [0.1, 0.15) is 27.2 Å². The van der Waals surface area contributed by atoms with Crippen molar-refractivity contribution < 1.29 is 18.9 Å². The molecule has 0 N–H and O–H groups in total. The molecule has 0 atom stereocenters. The smallest absolute Gasteiger partial charge is 0.245 e. The second kappa shape index (κ2) is 5.03. The van der Waals surface area contributed by atoms with E-state index in [1.807, 2.05) is 6.08 Å². The SMILES string of the molecule is [CH2-]/C=C/CC(C)(C)C.[Li+]. The Morgan fingerprint density at radius 2 is 1.78 bits per heavy atom. The first-order chi connectivity index (χ1) is 3.56. The van der Waals surface area contributed by atoms with Gasteiger partial charge in [-0.15, -0.1) is 0 Å². The van der Waals surface area contributed by atoms with Crippen LogP contribution in [0.5, 0.6) is 0 Å². The third kappa shape index (κ3) is 11.7. The molecule has 48 valence electrons. The van der Waals surface area contributed by atoms with E-state index in [1.165, 1.54) is 0 Å². The molecule has 0 fully saturated rings. The number of allylic oxidation sites excluding steroid dienone is 2. The Morgan fingerprint density at radius 1 is 1.33 bits per heavy atom. The minimum absolute atomic E-state index is 0. The molecule has 0 spiro atoms. The summed E-state index contributed by atoms with van der Waals surface area (Å²) >= 11 is 0. The summed E-state index contributed by atoms with van der Waals surface area (Å²) < 4.78 is 0. The van der Waals surface area contributed by atoms with Crippen molar-refractivity contribution >= 4 is 0 Å². The van der Waals surface area contributed by atoms with Crippen LogP contribution < -0.4 is 18.9 Å². The van der Waals surface area contributed by atoms with Crippen LogP contribution in [0.2, 0.25) is 0 Å². The quantitative estimate of drug-likeness (QED) is 0.331. The zero-order valence-corrected chi connectivity index (χ0v) is 7.07. The van der Waals surface area contributed by atoms with Gasteiger partial charge in [0, 0.05) is 0 Å². The summed E-state index contributed by atoms with van der Waals surface area (Å²) in [5.74, 6) is 0. The molecule has 0 aliphatic heterocycles. The van der Waals surface area contributed by atoms with E-state index >= 15 is 0 Å². The molecule has 0 aromatic rings. The summed E-state index contributed by atoms with van der Waals surface area (Å²) in [6.45, 7) is 10.3. The molecular weight excluding hydrogens is 103 g/mol. The fraction of sp³-hybridized carbons (Fsp3) is 0.625. The van der Waals surface area contributed by atoms with Gasteiger partial charge in [-0.3, -0.25) is 0 Å². The topological polar surface area (TPSA) is 0 Å². The maximum absolute atomic E-state index is 3.61. The predicted molar refractivity (Wildman–Crippen MR) is 38.6 cm³/mol. The third-order valence-corrected chi connectivity index (χ3v) is 0.897. The van der Waals surface area contributed by atoms with Gasteiger partial charge in [-0.25, -0.2) is 19.1 Å². The molecule has 0 aliphatic carbocycles. The molecule has 0 aromatic carbocycles. The van der Waals surface area contributed by atoms with E-state index in [4.69, 9.17) is 0 Å². The van der Waals surface area contributed by atoms with E-state index in [-0.39, 0.29) is 18.9 Å². The molecular formula is C8H15Li. The summed E-state index contributed by atoms with van der Waals surface area (Å²) in [6, 6.07) is 0. The Balaban J connectivity index is 0. The Hall–Kier alpha value is 0.207. The van der Waals surface area contributed by atoms with Crippen molar-refractivity contribution in [1.29, 1.82) is 0 Å². The van der Waals surface area contributed by atoms with Crippen molar-refractivity contribution in [1.82, 2.24) is 0 Å². The summed E-state index contributed by atoms with van der Waals surface area (Å²) in [4.78, 5) is 0. The van der Waals surface area contributed by atoms with E-state index in [0.29, 0.717) is 5.41 Å². The molecule has 0 nitrogen and oxygen atoms in total. The summed E-state index contributed by atoms with van der Waals surface area (Å²) in [6.07, 6.45) is 5.07. The van der Waals surface area contributed by atoms with Crippen molar-refractivity contribution in [3.05, 3.63) is 19.1 Å². The van der Waals surface area contributed by atoms with E-state index in [9.17, 15) is 0 Å². The van der Waals surface area contributed by atoms with Gasteiger partial charge in [0.05, 0.1) is 0 Å². The molecule has 0 aromatic heterocycles. The normalized spacial score (nSPS) is 11.4. The molecule has 9 heavy (non-hydrogen) atoms. The van der Waals surface area contributed by atoms with Crippen LogP contribution in [-0.4, -0.2) is 0 Å². The summed E-state index contributed by atoms with van der Waals surface area (Å²) in [7, 11) is 0. The van der Waals surface area contributed by atoms with Gasteiger partial charge < -0.3 is 0 Å². The van der Waals surface area contributed by atoms with Crippen LogP contribution in [0.25, 0.3) is 0 Å². The van der Waals surface area contributed by atoms with Gasteiger partial charge >= 0.3 is 18.9 Å². The van der Waals surface area contributed by atoms with E-state index in [0.717, 1.165) is 6.42 Å². The number of rotatable bonds is 1. The van der Waals surface area contributed by atoms with Crippen LogP contribution in [0.4, 0.5) is 0 Å². The van der Waals surface area contributed by atoms with E-state index < -0.39 is 0 Å². The van der Waals surface area contributed by atoms with Gasteiger partial charge in [-0.05, 0) is 0 Å². The molecule has 0 unspecified atom stereocenters. The molecule has 0 rings (SSSR count). The van der Waals surface area contributed by atoms with Gasteiger partial charge in [0.1, 0.15) is 0 Å². The Labute approximate surface area is 70.9 Å². The molecule has 0 aliphatic rings. The minimum Gasteiger partial charge on any atom is -0.245 e. The second-order valence-corrected chi connectivity index (χ2v) is 3.24. The molecule has 0 heterocycles. The fourth-order valence-corrected chi connectivity index (χ4v) is 0.437. The Morgan fingerprint density at radius 3 is 1.89 bits per heavy atom. The molecule has 0 radical (unpaired) electrons. The van der Waals surface area contributed by atoms with Crippen LogP contribution in [-0.2, 0) is 0 Å². The molecule has 0 saturated heterocycles. The molecule has 0 saturated carbocycles. The summed E-state index contributed by atoms with van der Waals surface area (Å²) in [5, 5.41) is 0. The van der Waals surface area contributed by atoms with Crippen molar-refractivity contribution in [2.45, 2.75) is 27.2 Å². The zero-order valence-electron chi connectivity index (χ0n) is 7.07. The van der Waals surface area contributed by atoms with Crippen LogP contribution in [0.3, 0.4) is 0 Å². The Bertz CT molecular complexity index is 77.1. The molecule has 0 bridgehead atoms. The van der Waals surface area contributed by atoms with Crippen molar-refractivity contribution in [2.24, 2.45) is 5.41 Å². The summed E-state index contributed by atoms with van der Waals surface area (Å²) in [5.41, 5.74) is 0.425. The standard InChI is InChI=1S/C8H15.Li/c1-5-6-7-8(2,3)4;/h5-6H,1,7H2,2-4H3;/q-1;+1/b6-5+;. The monoisotopic (exact) mass is 118 g/mol. The molecule has 1 heteroatoms. The molecule has 0 amide bonds. The maximum Gasteiger partial charge on any atom is 1.00 e. The minimum atomic E-state index is 0. The average Bonchev–Trinajstić information content (AvgIpc) is 1.59. The van der Waals surface area contributed by atoms with Crippen molar-refractivity contribution in [2.75, 3.05) is 0 Å². The van der Waals surface area contributed by atoms with Crippen LogP contribution >= 0.6 is 0 Å². The second-order valence-electron chi connectivity index (χ2n) is 3.24. The number of hydrogen-bond donors (Lipinski definition) is 0. The van der Waals surface area contributed by atoms with Gasteiger partial charge in [-0.2, -0.15) is 0 Å². The maximum atomic E-state index is 3.61. The first-order valence-electron chi connectivity index (χ1n) is 3.00. The Kier molecular flexibility index (Phi) is 6.67. The first-order valence-corrected chi connectivity index (χ1v) is 3.00. The van der Waals surface area contributed by atoms with Crippen molar-refractivity contribution in [3.8, 4) is 0 Å². The van der Waals surface area contributed by atoms with E-state index in [2.05, 4.69) is 33.8 Å². The van der Waals surface area contributed by atoms with Crippen molar-refractivity contribution in [3.63, 3.8) is 0 Å². The van der Waals surface area contributed by atoms with Gasteiger partial charge in [0.2, 0.25) is 0 Å². The van der Waals surface area contributed by atoms with E-state index in [1.54, 1.807) is 0 Å². The average molecular weight is 118 g/mol. The third-order valence-electron chi connectivity index (χ3n) is 0.897. The zero-order chi connectivity index (χ0) is 6.62.